The summed E-state index contributed by atoms with van der Waals surface area (Å²) in [6.07, 6.45) is 1.51. The van der Waals surface area contributed by atoms with Crippen molar-refractivity contribution in [2.45, 2.75) is 39.3 Å². The molecule has 0 radical (unpaired) electrons. The van der Waals surface area contributed by atoms with Crippen LogP contribution in [0.2, 0.25) is 0 Å². The first-order chi connectivity index (χ1) is 13.0. The number of sulfonamides is 1. The Labute approximate surface area is 164 Å². The molecule has 0 saturated heterocycles. The summed E-state index contributed by atoms with van der Waals surface area (Å²) in [4.78, 5) is 12.8. The number of hydrogen-bond acceptors (Lipinski definition) is 3. The van der Waals surface area contributed by atoms with Gasteiger partial charge in [-0.15, -0.1) is 0 Å². The van der Waals surface area contributed by atoms with Crippen molar-refractivity contribution in [3.8, 4) is 0 Å². The van der Waals surface area contributed by atoms with Crippen LogP contribution in [-0.4, -0.2) is 26.6 Å². The number of halogens is 2. The molecular weight excluding hydrogens is 386 g/mol. The number of aryl methyl sites for hydroxylation is 1. The number of nitrogens with zero attached hydrogens (tertiary/aromatic N) is 1. The quantitative estimate of drug-likeness (QED) is 0.757. The first kappa shape index (κ1) is 21.8. The van der Waals surface area contributed by atoms with Crippen LogP contribution in [0.3, 0.4) is 0 Å². The third-order valence-corrected chi connectivity index (χ3v) is 5.69. The molecule has 0 fully saturated rings. The summed E-state index contributed by atoms with van der Waals surface area (Å²) in [6.45, 7) is 5.26. The van der Waals surface area contributed by atoms with Gasteiger partial charge in [-0.1, -0.05) is 36.8 Å². The molecule has 0 aliphatic heterocycles. The van der Waals surface area contributed by atoms with Gasteiger partial charge in [0.15, 0.2) is 11.6 Å². The van der Waals surface area contributed by atoms with Crippen molar-refractivity contribution in [1.29, 1.82) is 0 Å². The summed E-state index contributed by atoms with van der Waals surface area (Å²) in [6, 6.07) is 8.92. The minimum atomic E-state index is -3.92. The fourth-order valence-electron chi connectivity index (χ4n) is 2.94. The van der Waals surface area contributed by atoms with Crippen molar-refractivity contribution < 1.29 is 22.0 Å². The average Bonchev–Trinajstić information content (AvgIpc) is 2.62. The van der Waals surface area contributed by atoms with Gasteiger partial charge in [0.05, 0.1) is 18.0 Å². The molecule has 2 aromatic rings. The van der Waals surface area contributed by atoms with Gasteiger partial charge in [0.2, 0.25) is 15.9 Å². The van der Waals surface area contributed by atoms with Crippen LogP contribution in [0.4, 0.5) is 14.5 Å². The standard InChI is InChI=1S/C20H24F2N2O3S/c1-5-19(15-8-6-13(2)7-9-15)23-20(25)14(3)24(28(4,26)27)16-10-11-17(21)18(22)12-16/h6-12,14,19H,5H2,1-4H3,(H,23,25)/t14-,19-/m0/s1. The molecule has 0 heterocycles. The van der Waals surface area contributed by atoms with Gasteiger partial charge >= 0.3 is 0 Å². The van der Waals surface area contributed by atoms with E-state index >= 15 is 0 Å². The molecule has 0 saturated carbocycles. The lowest BCUT2D eigenvalue weighted by Crippen LogP contribution is -2.48. The maximum absolute atomic E-state index is 13.6. The molecule has 0 aliphatic rings. The molecule has 2 atom stereocenters. The van der Waals surface area contributed by atoms with E-state index in [0.717, 1.165) is 39.9 Å². The zero-order valence-electron chi connectivity index (χ0n) is 16.2. The van der Waals surface area contributed by atoms with Gasteiger partial charge in [0.25, 0.3) is 0 Å². The number of anilines is 1. The maximum atomic E-state index is 13.6. The highest BCUT2D eigenvalue weighted by atomic mass is 32.2. The van der Waals surface area contributed by atoms with Gasteiger partial charge in [-0.05, 0) is 38.0 Å². The molecule has 0 spiro atoms. The normalized spacial score (nSPS) is 13.6. The molecule has 2 rings (SSSR count). The lowest BCUT2D eigenvalue weighted by atomic mass is 10.0. The van der Waals surface area contributed by atoms with Crippen LogP contribution in [0.15, 0.2) is 42.5 Å². The lowest BCUT2D eigenvalue weighted by Gasteiger charge is -2.30. The molecular formula is C20H24F2N2O3S. The van der Waals surface area contributed by atoms with E-state index in [1.807, 2.05) is 38.1 Å². The van der Waals surface area contributed by atoms with Crippen LogP contribution in [-0.2, 0) is 14.8 Å². The molecule has 28 heavy (non-hydrogen) atoms. The monoisotopic (exact) mass is 410 g/mol. The number of rotatable bonds is 7. The van der Waals surface area contributed by atoms with Crippen LogP contribution < -0.4 is 9.62 Å². The molecule has 0 unspecified atom stereocenters. The highest BCUT2D eigenvalue weighted by molar-refractivity contribution is 7.92. The largest absolute Gasteiger partial charge is 0.347 e. The Kier molecular flexibility index (Phi) is 6.77. The third-order valence-electron chi connectivity index (χ3n) is 4.45. The van der Waals surface area contributed by atoms with E-state index in [-0.39, 0.29) is 11.7 Å². The van der Waals surface area contributed by atoms with Gasteiger partial charge in [0, 0.05) is 6.07 Å². The Morgan fingerprint density at radius 2 is 1.71 bits per heavy atom. The predicted octanol–water partition coefficient (Wildman–Crippen LogP) is 3.70. The first-order valence-electron chi connectivity index (χ1n) is 8.86. The van der Waals surface area contributed by atoms with Crippen molar-refractivity contribution >= 4 is 21.6 Å². The zero-order chi connectivity index (χ0) is 21.1. The minimum Gasteiger partial charge on any atom is -0.347 e. The molecule has 8 heteroatoms. The summed E-state index contributed by atoms with van der Waals surface area (Å²) in [5.41, 5.74) is 1.86. The van der Waals surface area contributed by atoms with Crippen LogP contribution in [0.1, 0.15) is 37.4 Å². The van der Waals surface area contributed by atoms with E-state index in [1.165, 1.54) is 6.92 Å². The van der Waals surface area contributed by atoms with E-state index in [0.29, 0.717) is 6.42 Å². The summed E-state index contributed by atoms with van der Waals surface area (Å²) in [5.74, 6) is -2.83. The molecule has 152 valence electrons. The van der Waals surface area contributed by atoms with Gasteiger partial charge in [-0.25, -0.2) is 17.2 Å². The van der Waals surface area contributed by atoms with Gasteiger partial charge in [-0.2, -0.15) is 0 Å². The molecule has 2 aromatic carbocycles. The smallest absolute Gasteiger partial charge is 0.244 e. The van der Waals surface area contributed by atoms with E-state index in [1.54, 1.807) is 0 Å². The van der Waals surface area contributed by atoms with Gasteiger partial charge < -0.3 is 5.32 Å². The van der Waals surface area contributed by atoms with Gasteiger partial charge in [0.1, 0.15) is 6.04 Å². The summed E-state index contributed by atoms with van der Waals surface area (Å²) in [7, 11) is -3.92. The Morgan fingerprint density at radius 1 is 1.11 bits per heavy atom. The van der Waals surface area contributed by atoms with Crippen molar-refractivity contribution in [2.75, 3.05) is 10.6 Å². The topological polar surface area (TPSA) is 66.5 Å². The lowest BCUT2D eigenvalue weighted by molar-refractivity contribution is -0.122. The fourth-order valence-corrected chi connectivity index (χ4v) is 4.11. The van der Waals surface area contributed by atoms with Crippen molar-refractivity contribution in [3.05, 3.63) is 65.2 Å². The minimum absolute atomic E-state index is 0.118. The fraction of sp³-hybridized carbons (Fsp3) is 0.350. The second-order valence-electron chi connectivity index (χ2n) is 6.71. The highest BCUT2D eigenvalue weighted by Gasteiger charge is 2.30. The molecule has 1 amide bonds. The van der Waals surface area contributed by atoms with Crippen molar-refractivity contribution in [1.82, 2.24) is 5.32 Å². The number of nitrogens with one attached hydrogen (secondary N) is 1. The third kappa shape index (κ3) is 5.07. The zero-order valence-corrected chi connectivity index (χ0v) is 17.1. The molecule has 1 N–H and O–H groups in total. The molecule has 5 nitrogen and oxygen atoms in total. The molecule has 0 aromatic heterocycles. The molecule has 0 bridgehead atoms. The van der Waals surface area contributed by atoms with Gasteiger partial charge in [-0.3, -0.25) is 9.10 Å². The number of benzene rings is 2. The Hall–Kier alpha value is -2.48. The number of hydrogen-bond donors (Lipinski definition) is 1. The Balaban J connectivity index is 2.30. The van der Waals surface area contributed by atoms with Crippen LogP contribution in [0.25, 0.3) is 0 Å². The number of carbonyl (C=O) groups is 1. The first-order valence-corrected chi connectivity index (χ1v) is 10.7. The second kappa shape index (κ2) is 8.68. The van der Waals surface area contributed by atoms with E-state index in [9.17, 15) is 22.0 Å². The highest BCUT2D eigenvalue weighted by Crippen LogP contribution is 2.24. The Morgan fingerprint density at radius 3 is 2.21 bits per heavy atom. The Bertz CT molecular complexity index is 946. The summed E-state index contributed by atoms with van der Waals surface area (Å²) in [5, 5.41) is 2.84. The van der Waals surface area contributed by atoms with E-state index in [4.69, 9.17) is 0 Å². The summed E-state index contributed by atoms with van der Waals surface area (Å²) >= 11 is 0. The molecule has 0 aliphatic carbocycles. The predicted molar refractivity (Wildman–Crippen MR) is 105 cm³/mol. The van der Waals surface area contributed by atoms with Crippen molar-refractivity contribution in [2.24, 2.45) is 0 Å². The van der Waals surface area contributed by atoms with Crippen molar-refractivity contribution in [3.63, 3.8) is 0 Å². The van der Waals surface area contributed by atoms with Crippen LogP contribution in [0, 0.1) is 18.6 Å². The van der Waals surface area contributed by atoms with Crippen LogP contribution >= 0.6 is 0 Å². The summed E-state index contributed by atoms with van der Waals surface area (Å²) < 4.78 is 52.2. The number of amides is 1. The number of carbonyl (C=O) groups excluding carboxylic acids is 1. The maximum Gasteiger partial charge on any atom is 0.244 e. The average molecular weight is 410 g/mol. The SMILES string of the molecule is CC[C@H](NC(=O)[C@H](C)N(c1ccc(F)c(F)c1)S(C)(=O)=O)c1ccc(C)cc1. The van der Waals surface area contributed by atoms with E-state index < -0.39 is 33.6 Å². The van der Waals surface area contributed by atoms with Crippen LogP contribution in [0.5, 0.6) is 0 Å². The van der Waals surface area contributed by atoms with E-state index in [2.05, 4.69) is 5.32 Å². The second-order valence-corrected chi connectivity index (χ2v) is 8.57.